The minimum absolute atomic E-state index is 0.231. The molecule has 1 aromatic rings. The third kappa shape index (κ3) is 3.21. The number of hydrogen-bond acceptors (Lipinski definition) is 3. The first kappa shape index (κ1) is 14.0. The largest absolute Gasteiger partial charge is 0.465 e. The summed E-state index contributed by atoms with van der Waals surface area (Å²) in [5, 5.41) is 0. The number of carbonyl (C=O) groups is 2. The zero-order valence-corrected chi connectivity index (χ0v) is 10.6. The van der Waals surface area contributed by atoms with Crippen LogP contribution in [0.3, 0.4) is 0 Å². The standard InChI is InChI=1S/C15H16O3/c1-4-13(12-9-7-6-8-10-12)14(11(3)16)15(17)18-5-2/h1,6-10,13-14H,5H2,2-3H3. The number of Topliss-reactive ketones (excluding diaryl/α,β-unsaturated/α-hetero) is 1. The number of rotatable bonds is 5. The third-order valence-electron chi connectivity index (χ3n) is 2.65. The van der Waals surface area contributed by atoms with Gasteiger partial charge in [-0.3, -0.25) is 9.59 Å². The smallest absolute Gasteiger partial charge is 0.318 e. The fraction of sp³-hybridized carbons (Fsp3) is 0.333. The van der Waals surface area contributed by atoms with Gasteiger partial charge < -0.3 is 4.74 Å². The number of carbonyl (C=O) groups excluding carboxylic acids is 2. The van der Waals surface area contributed by atoms with Gasteiger partial charge in [-0.2, -0.15) is 0 Å². The van der Waals surface area contributed by atoms with Crippen LogP contribution in [0.2, 0.25) is 0 Å². The summed E-state index contributed by atoms with van der Waals surface area (Å²) in [6.45, 7) is 3.28. The van der Waals surface area contributed by atoms with Crippen molar-refractivity contribution >= 4 is 11.8 Å². The lowest BCUT2D eigenvalue weighted by molar-refractivity contribution is -0.151. The molecule has 3 nitrogen and oxygen atoms in total. The topological polar surface area (TPSA) is 43.4 Å². The second-order valence-electron chi connectivity index (χ2n) is 3.90. The molecule has 0 radical (unpaired) electrons. The zero-order chi connectivity index (χ0) is 13.5. The summed E-state index contributed by atoms with van der Waals surface area (Å²) in [5.41, 5.74) is 0.772. The number of benzene rings is 1. The van der Waals surface area contributed by atoms with Gasteiger partial charge in [0.2, 0.25) is 0 Å². The van der Waals surface area contributed by atoms with Crippen LogP contribution >= 0.6 is 0 Å². The van der Waals surface area contributed by atoms with Gasteiger partial charge in [-0.1, -0.05) is 36.3 Å². The van der Waals surface area contributed by atoms with Gasteiger partial charge in [-0.15, -0.1) is 6.42 Å². The van der Waals surface area contributed by atoms with Gasteiger partial charge in [-0.05, 0) is 19.4 Å². The van der Waals surface area contributed by atoms with Crippen molar-refractivity contribution in [3.8, 4) is 12.3 Å². The van der Waals surface area contributed by atoms with Crippen molar-refractivity contribution in [2.75, 3.05) is 6.61 Å². The van der Waals surface area contributed by atoms with E-state index in [2.05, 4.69) is 5.92 Å². The number of ether oxygens (including phenoxy) is 1. The van der Waals surface area contributed by atoms with E-state index in [1.807, 2.05) is 18.2 Å². The number of esters is 1. The van der Waals surface area contributed by atoms with Crippen LogP contribution in [0, 0.1) is 18.3 Å². The molecule has 1 aromatic carbocycles. The quantitative estimate of drug-likeness (QED) is 0.453. The average molecular weight is 244 g/mol. The van der Waals surface area contributed by atoms with Crippen molar-refractivity contribution in [1.29, 1.82) is 0 Å². The molecule has 2 unspecified atom stereocenters. The SMILES string of the molecule is C#CC(c1ccccc1)C(C(C)=O)C(=O)OCC. The highest BCUT2D eigenvalue weighted by Gasteiger charge is 2.33. The molecule has 0 bridgehead atoms. The molecule has 3 heteroatoms. The third-order valence-corrected chi connectivity index (χ3v) is 2.65. The second-order valence-corrected chi connectivity index (χ2v) is 3.90. The normalized spacial score (nSPS) is 13.2. The first-order valence-electron chi connectivity index (χ1n) is 5.80. The van der Waals surface area contributed by atoms with E-state index in [0.29, 0.717) is 0 Å². The minimum atomic E-state index is -0.933. The molecule has 0 fully saturated rings. The Hall–Kier alpha value is -2.08. The van der Waals surface area contributed by atoms with E-state index >= 15 is 0 Å². The Labute approximate surface area is 107 Å². The Morgan fingerprint density at radius 2 is 1.94 bits per heavy atom. The van der Waals surface area contributed by atoms with Gasteiger partial charge in [-0.25, -0.2) is 0 Å². The molecule has 0 saturated carbocycles. The maximum absolute atomic E-state index is 11.8. The number of hydrogen-bond donors (Lipinski definition) is 0. The van der Waals surface area contributed by atoms with E-state index in [4.69, 9.17) is 11.2 Å². The highest BCUT2D eigenvalue weighted by molar-refractivity contribution is 5.99. The molecule has 0 aromatic heterocycles. The van der Waals surface area contributed by atoms with Crippen LogP contribution in [0.4, 0.5) is 0 Å². The number of ketones is 1. The Morgan fingerprint density at radius 3 is 2.39 bits per heavy atom. The molecule has 0 N–H and O–H groups in total. The van der Waals surface area contributed by atoms with Crippen molar-refractivity contribution in [2.45, 2.75) is 19.8 Å². The van der Waals surface area contributed by atoms with Crippen LogP contribution in [0.5, 0.6) is 0 Å². The summed E-state index contributed by atoms with van der Waals surface area (Å²) in [5.74, 6) is 0.168. The molecule has 0 spiro atoms. The summed E-state index contributed by atoms with van der Waals surface area (Å²) < 4.78 is 4.91. The van der Waals surface area contributed by atoms with Gasteiger partial charge in [0.15, 0.2) is 0 Å². The van der Waals surface area contributed by atoms with Crippen molar-refractivity contribution < 1.29 is 14.3 Å². The van der Waals surface area contributed by atoms with Crippen molar-refractivity contribution in [2.24, 2.45) is 5.92 Å². The molecule has 0 heterocycles. The van der Waals surface area contributed by atoms with E-state index in [-0.39, 0.29) is 12.4 Å². The molecular weight excluding hydrogens is 228 g/mol. The fourth-order valence-corrected chi connectivity index (χ4v) is 1.81. The van der Waals surface area contributed by atoms with E-state index in [1.54, 1.807) is 19.1 Å². The summed E-state index contributed by atoms with van der Waals surface area (Å²) in [4.78, 5) is 23.5. The molecule has 0 aliphatic heterocycles. The van der Waals surface area contributed by atoms with Crippen molar-refractivity contribution in [3.63, 3.8) is 0 Å². The minimum Gasteiger partial charge on any atom is -0.465 e. The van der Waals surface area contributed by atoms with Gasteiger partial charge in [0.1, 0.15) is 11.7 Å². The molecule has 0 amide bonds. The highest BCUT2D eigenvalue weighted by Crippen LogP contribution is 2.26. The summed E-state index contributed by atoms with van der Waals surface area (Å²) in [7, 11) is 0. The van der Waals surface area contributed by atoms with Gasteiger partial charge in [0.25, 0.3) is 0 Å². The van der Waals surface area contributed by atoms with E-state index in [1.165, 1.54) is 6.92 Å². The van der Waals surface area contributed by atoms with Crippen LogP contribution in [-0.4, -0.2) is 18.4 Å². The molecule has 94 valence electrons. The monoisotopic (exact) mass is 244 g/mol. The van der Waals surface area contributed by atoms with Gasteiger partial charge in [0, 0.05) is 0 Å². The zero-order valence-electron chi connectivity index (χ0n) is 10.6. The summed E-state index contributed by atoms with van der Waals surface area (Å²) in [6.07, 6.45) is 5.47. The molecular formula is C15H16O3. The molecule has 18 heavy (non-hydrogen) atoms. The van der Waals surface area contributed by atoms with E-state index in [0.717, 1.165) is 5.56 Å². The van der Waals surface area contributed by atoms with E-state index in [9.17, 15) is 9.59 Å². The Morgan fingerprint density at radius 1 is 1.33 bits per heavy atom. The van der Waals surface area contributed by atoms with Gasteiger partial charge >= 0.3 is 5.97 Å². The van der Waals surface area contributed by atoms with Crippen LogP contribution in [0.15, 0.2) is 30.3 Å². The lowest BCUT2D eigenvalue weighted by Gasteiger charge is -2.19. The molecule has 1 rings (SSSR count). The van der Waals surface area contributed by atoms with Crippen LogP contribution in [0.1, 0.15) is 25.3 Å². The average Bonchev–Trinajstić information content (AvgIpc) is 2.36. The van der Waals surface area contributed by atoms with Gasteiger partial charge in [0.05, 0.1) is 12.5 Å². The molecule has 2 atom stereocenters. The predicted molar refractivity (Wildman–Crippen MR) is 68.8 cm³/mol. The van der Waals surface area contributed by atoms with Crippen LogP contribution in [0.25, 0.3) is 0 Å². The Kier molecular flexibility index (Phi) is 5.13. The van der Waals surface area contributed by atoms with E-state index < -0.39 is 17.8 Å². The lowest BCUT2D eigenvalue weighted by Crippen LogP contribution is -2.30. The van der Waals surface area contributed by atoms with Crippen molar-refractivity contribution in [3.05, 3.63) is 35.9 Å². The molecule has 0 saturated heterocycles. The maximum Gasteiger partial charge on any atom is 0.318 e. The predicted octanol–water partition coefficient (Wildman–Crippen LogP) is 2.17. The summed E-state index contributed by atoms with van der Waals surface area (Å²) in [6, 6.07) is 9.10. The second kappa shape index (κ2) is 6.61. The maximum atomic E-state index is 11.8. The first-order valence-corrected chi connectivity index (χ1v) is 5.80. The number of terminal acetylenes is 1. The van der Waals surface area contributed by atoms with Crippen LogP contribution in [-0.2, 0) is 14.3 Å². The molecule has 0 aliphatic rings. The molecule has 0 aliphatic carbocycles. The summed E-state index contributed by atoms with van der Waals surface area (Å²) >= 11 is 0. The van der Waals surface area contributed by atoms with Crippen molar-refractivity contribution in [1.82, 2.24) is 0 Å². The first-order chi connectivity index (χ1) is 8.61. The Balaban J connectivity index is 3.07. The Bertz CT molecular complexity index is 456. The highest BCUT2D eigenvalue weighted by atomic mass is 16.5. The fourth-order valence-electron chi connectivity index (χ4n) is 1.81. The lowest BCUT2D eigenvalue weighted by atomic mass is 9.84. The van der Waals surface area contributed by atoms with Crippen LogP contribution < -0.4 is 0 Å².